The van der Waals surface area contributed by atoms with Gasteiger partial charge in [-0.2, -0.15) is 5.10 Å². The van der Waals surface area contributed by atoms with Crippen LogP contribution in [0.3, 0.4) is 0 Å². The highest BCUT2D eigenvalue weighted by Gasteiger charge is 2.31. The lowest BCUT2D eigenvalue weighted by Crippen LogP contribution is -2.50. The zero-order chi connectivity index (χ0) is 17.3. The van der Waals surface area contributed by atoms with E-state index in [-0.39, 0.29) is 16.5 Å². The molecule has 0 aliphatic carbocycles. The minimum Gasteiger partial charge on any atom is -0.349 e. The van der Waals surface area contributed by atoms with Gasteiger partial charge in [-0.3, -0.25) is 19.8 Å². The molecule has 2 fully saturated rings. The van der Waals surface area contributed by atoms with Crippen LogP contribution >= 0.6 is 0 Å². The highest BCUT2D eigenvalue weighted by atomic mass is 16.6. The predicted octanol–water partition coefficient (Wildman–Crippen LogP) is 0.381. The molecule has 1 aromatic heterocycles. The maximum Gasteiger partial charge on any atom is 0.333 e. The molecule has 0 atom stereocenters. The second-order valence-corrected chi connectivity index (χ2v) is 6.49. The number of nitrogens with zero attached hydrogens (tertiary/aromatic N) is 6. The summed E-state index contributed by atoms with van der Waals surface area (Å²) in [6.07, 6.45) is 2.20. The number of carbonyl (C=O) groups is 1. The Balaban J connectivity index is 1.61. The summed E-state index contributed by atoms with van der Waals surface area (Å²) in [5.41, 5.74) is 0.517. The molecule has 0 radical (unpaired) electrons. The molecular weight excluding hydrogens is 312 g/mol. The molecule has 2 aliphatic rings. The zero-order valence-corrected chi connectivity index (χ0v) is 14.3. The van der Waals surface area contributed by atoms with Gasteiger partial charge in [-0.1, -0.05) is 0 Å². The summed E-state index contributed by atoms with van der Waals surface area (Å²) in [5, 5.41) is 15.5. The average Bonchev–Trinajstić information content (AvgIpc) is 3.16. The zero-order valence-electron chi connectivity index (χ0n) is 14.3. The van der Waals surface area contributed by atoms with Crippen molar-refractivity contribution in [2.75, 3.05) is 50.7 Å². The van der Waals surface area contributed by atoms with Crippen molar-refractivity contribution in [3.05, 3.63) is 15.8 Å². The number of aromatic nitrogens is 2. The fourth-order valence-corrected chi connectivity index (χ4v) is 3.58. The molecule has 0 aromatic carbocycles. The van der Waals surface area contributed by atoms with Crippen LogP contribution in [0.2, 0.25) is 0 Å². The number of piperazine rings is 1. The van der Waals surface area contributed by atoms with Crippen molar-refractivity contribution in [1.29, 1.82) is 0 Å². The first-order valence-electron chi connectivity index (χ1n) is 8.40. The summed E-state index contributed by atoms with van der Waals surface area (Å²) in [6.45, 7) is 6.62. The van der Waals surface area contributed by atoms with E-state index in [9.17, 15) is 14.9 Å². The molecule has 0 unspecified atom stereocenters. The van der Waals surface area contributed by atoms with E-state index in [1.165, 1.54) is 0 Å². The molecule has 0 N–H and O–H groups in total. The topological polar surface area (TPSA) is 87.8 Å². The Bertz CT molecular complexity index is 629. The quantitative estimate of drug-likeness (QED) is 0.583. The van der Waals surface area contributed by atoms with Crippen molar-refractivity contribution < 1.29 is 9.72 Å². The SMILES string of the molecule is Cc1nn(C)c(N2CCN(CC(=O)N3CCCC3)CC2)c1[N+](=O)[O-]. The van der Waals surface area contributed by atoms with Gasteiger partial charge in [0.25, 0.3) is 0 Å². The Morgan fingerprint density at radius 2 is 1.79 bits per heavy atom. The summed E-state index contributed by atoms with van der Waals surface area (Å²) >= 11 is 0. The summed E-state index contributed by atoms with van der Waals surface area (Å²) in [4.78, 5) is 29.3. The fourth-order valence-electron chi connectivity index (χ4n) is 3.58. The van der Waals surface area contributed by atoms with E-state index in [2.05, 4.69) is 10.00 Å². The average molecular weight is 336 g/mol. The third-order valence-corrected chi connectivity index (χ3v) is 4.83. The van der Waals surface area contributed by atoms with Gasteiger partial charge in [-0.25, -0.2) is 4.68 Å². The number of anilines is 1. The van der Waals surface area contributed by atoms with E-state index < -0.39 is 0 Å². The summed E-state index contributed by atoms with van der Waals surface area (Å²) in [7, 11) is 1.73. The van der Waals surface area contributed by atoms with Gasteiger partial charge in [0, 0.05) is 46.3 Å². The minimum atomic E-state index is -0.360. The van der Waals surface area contributed by atoms with Crippen LogP contribution in [0.15, 0.2) is 0 Å². The van der Waals surface area contributed by atoms with Gasteiger partial charge in [0.05, 0.1) is 11.5 Å². The minimum absolute atomic E-state index is 0.0825. The number of hydrogen-bond donors (Lipinski definition) is 0. The van der Waals surface area contributed by atoms with Crippen LogP contribution in [0.25, 0.3) is 0 Å². The van der Waals surface area contributed by atoms with Gasteiger partial charge >= 0.3 is 5.69 Å². The van der Waals surface area contributed by atoms with E-state index in [4.69, 9.17) is 0 Å². The van der Waals surface area contributed by atoms with Crippen LogP contribution in [0.4, 0.5) is 11.5 Å². The smallest absolute Gasteiger partial charge is 0.333 e. The third-order valence-electron chi connectivity index (χ3n) is 4.83. The highest BCUT2D eigenvalue weighted by molar-refractivity contribution is 5.78. The number of likely N-dealkylation sites (tertiary alicyclic amines) is 1. The predicted molar refractivity (Wildman–Crippen MR) is 89.1 cm³/mol. The Labute approximate surface area is 141 Å². The number of carbonyl (C=O) groups excluding carboxylic acids is 1. The van der Waals surface area contributed by atoms with Gasteiger partial charge < -0.3 is 9.80 Å². The molecule has 2 aliphatic heterocycles. The molecular formula is C15H24N6O3. The lowest BCUT2D eigenvalue weighted by Gasteiger charge is -2.35. The number of amides is 1. The normalized spacial score (nSPS) is 19.1. The summed E-state index contributed by atoms with van der Waals surface area (Å²) in [5.74, 6) is 0.756. The van der Waals surface area contributed by atoms with Gasteiger partial charge in [0.1, 0.15) is 5.69 Å². The van der Waals surface area contributed by atoms with Gasteiger partial charge in [-0.05, 0) is 19.8 Å². The maximum atomic E-state index is 12.2. The first kappa shape index (κ1) is 16.7. The Morgan fingerprint density at radius 1 is 1.17 bits per heavy atom. The van der Waals surface area contributed by atoms with Crippen LogP contribution < -0.4 is 4.90 Å². The Morgan fingerprint density at radius 3 is 2.38 bits per heavy atom. The second kappa shape index (κ2) is 6.76. The van der Waals surface area contributed by atoms with Crippen LogP contribution in [0, 0.1) is 17.0 Å². The highest BCUT2D eigenvalue weighted by Crippen LogP contribution is 2.31. The van der Waals surface area contributed by atoms with Gasteiger partial charge in [0.2, 0.25) is 11.7 Å². The molecule has 1 aromatic rings. The molecule has 0 bridgehead atoms. The number of rotatable bonds is 4. The van der Waals surface area contributed by atoms with Crippen molar-refractivity contribution in [2.45, 2.75) is 19.8 Å². The summed E-state index contributed by atoms with van der Waals surface area (Å²) < 4.78 is 1.58. The fraction of sp³-hybridized carbons (Fsp3) is 0.733. The van der Waals surface area contributed by atoms with Crippen molar-refractivity contribution >= 4 is 17.4 Å². The molecule has 24 heavy (non-hydrogen) atoms. The number of nitro groups is 1. The number of hydrogen-bond acceptors (Lipinski definition) is 6. The van der Waals surface area contributed by atoms with Crippen LogP contribution in [-0.2, 0) is 11.8 Å². The second-order valence-electron chi connectivity index (χ2n) is 6.49. The number of aryl methyl sites for hydroxylation is 2. The first-order valence-corrected chi connectivity index (χ1v) is 8.40. The molecule has 3 rings (SSSR count). The molecule has 1 amide bonds. The third kappa shape index (κ3) is 3.21. The van der Waals surface area contributed by atoms with Crippen LogP contribution in [0.5, 0.6) is 0 Å². The van der Waals surface area contributed by atoms with E-state index in [1.807, 2.05) is 9.80 Å². The molecule has 9 nitrogen and oxygen atoms in total. The molecule has 0 spiro atoms. The van der Waals surface area contributed by atoms with Gasteiger partial charge in [0.15, 0.2) is 0 Å². The van der Waals surface area contributed by atoms with Crippen molar-refractivity contribution in [2.24, 2.45) is 7.05 Å². The van der Waals surface area contributed by atoms with E-state index in [1.54, 1.807) is 18.7 Å². The van der Waals surface area contributed by atoms with Crippen molar-refractivity contribution in [3.8, 4) is 0 Å². The summed E-state index contributed by atoms with van der Waals surface area (Å²) in [6, 6.07) is 0. The van der Waals surface area contributed by atoms with E-state index >= 15 is 0 Å². The Hall–Kier alpha value is -2.16. The molecule has 9 heteroatoms. The molecule has 3 heterocycles. The first-order chi connectivity index (χ1) is 11.5. The largest absolute Gasteiger partial charge is 0.349 e. The monoisotopic (exact) mass is 336 g/mol. The van der Waals surface area contributed by atoms with E-state index in [0.29, 0.717) is 31.1 Å². The van der Waals surface area contributed by atoms with Crippen molar-refractivity contribution in [3.63, 3.8) is 0 Å². The maximum absolute atomic E-state index is 12.2. The van der Waals surface area contributed by atoms with E-state index in [0.717, 1.165) is 39.0 Å². The Kier molecular flexibility index (Phi) is 4.70. The lowest BCUT2D eigenvalue weighted by molar-refractivity contribution is -0.384. The van der Waals surface area contributed by atoms with Crippen LogP contribution in [0.1, 0.15) is 18.5 Å². The standard InChI is InChI=1S/C15H24N6O3/c1-12-14(21(23)24)15(17(2)16-12)20-9-7-18(8-10-20)11-13(22)19-5-3-4-6-19/h3-11H2,1-2H3. The molecule has 132 valence electrons. The van der Waals surface area contributed by atoms with Crippen LogP contribution in [-0.4, -0.2) is 76.2 Å². The van der Waals surface area contributed by atoms with Crippen molar-refractivity contribution in [1.82, 2.24) is 19.6 Å². The van der Waals surface area contributed by atoms with Gasteiger partial charge in [-0.15, -0.1) is 0 Å². The lowest BCUT2D eigenvalue weighted by atomic mass is 10.2. The molecule has 2 saturated heterocycles. The molecule has 0 saturated carbocycles.